The lowest BCUT2D eigenvalue weighted by molar-refractivity contribution is 0.0600. The van der Waals surface area contributed by atoms with Gasteiger partial charge >= 0.3 is 5.97 Å². The summed E-state index contributed by atoms with van der Waals surface area (Å²) in [6, 6.07) is 3.14. The maximum atomic E-state index is 13.0. The lowest BCUT2D eigenvalue weighted by Crippen LogP contribution is -2.03. The number of halogens is 1. The Morgan fingerprint density at radius 2 is 2.21 bits per heavy atom. The number of carbonyl (C=O) groups is 1. The van der Waals surface area contributed by atoms with Crippen LogP contribution >= 0.6 is 0 Å². The minimum absolute atomic E-state index is 0.000741. The van der Waals surface area contributed by atoms with Crippen molar-refractivity contribution in [2.24, 2.45) is 0 Å². The highest BCUT2D eigenvalue weighted by molar-refractivity contribution is 7.79. The van der Waals surface area contributed by atoms with Crippen molar-refractivity contribution in [2.45, 2.75) is 4.90 Å². The van der Waals surface area contributed by atoms with E-state index in [2.05, 4.69) is 4.74 Å². The van der Waals surface area contributed by atoms with Crippen LogP contribution in [-0.2, 0) is 15.8 Å². The molecule has 76 valence electrons. The fourth-order valence-electron chi connectivity index (χ4n) is 0.887. The molecule has 6 heteroatoms. The van der Waals surface area contributed by atoms with Crippen LogP contribution in [0.1, 0.15) is 10.4 Å². The van der Waals surface area contributed by atoms with Gasteiger partial charge in [-0.2, -0.15) is 0 Å². The van der Waals surface area contributed by atoms with Crippen LogP contribution in [0.3, 0.4) is 0 Å². The largest absolute Gasteiger partial charge is 0.465 e. The van der Waals surface area contributed by atoms with E-state index >= 15 is 0 Å². The molecule has 0 aliphatic carbocycles. The zero-order valence-electron chi connectivity index (χ0n) is 7.19. The van der Waals surface area contributed by atoms with Crippen molar-refractivity contribution < 1.29 is 22.7 Å². The van der Waals surface area contributed by atoms with Crippen molar-refractivity contribution in [3.63, 3.8) is 0 Å². The minimum atomic E-state index is -2.39. The van der Waals surface area contributed by atoms with Crippen LogP contribution < -0.4 is 0 Å². The number of benzene rings is 1. The van der Waals surface area contributed by atoms with E-state index in [-0.39, 0.29) is 10.5 Å². The third-order valence-corrected chi connectivity index (χ3v) is 2.25. The molecule has 1 aromatic carbocycles. The highest BCUT2D eigenvalue weighted by atomic mass is 32.2. The highest BCUT2D eigenvalue weighted by Gasteiger charge is 2.12. The molecule has 14 heavy (non-hydrogen) atoms. The molecule has 0 fully saturated rings. The summed E-state index contributed by atoms with van der Waals surface area (Å²) in [5.41, 5.74) is -0.000741. The zero-order valence-corrected chi connectivity index (χ0v) is 8.01. The predicted molar refractivity (Wildman–Crippen MR) is 46.8 cm³/mol. The first-order chi connectivity index (χ1) is 6.56. The predicted octanol–water partition coefficient (Wildman–Crippen LogP) is 1.19. The summed E-state index contributed by atoms with van der Waals surface area (Å²) >= 11 is -2.39. The van der Waals surface area contributed by atoms with E-state index in [1.165, 1.54) is 13.2 Å². The Balaban J connectivity index is 3.12. The first kappa shape index (κ1) is 10.8. The summed E-state index contributed by atoms with van der Waals surface area (Å²) in [4.78, 5) is 10.6. The highest BCUT2D eigenvalue weighted by Crippen LogP contribution is 2.13. The van der Waals surface area contributed by atoms with Gasteiger partial charge in [0.2, 0.25) is 0 Å². The molecule has 0 heterocycles. The third kappa shape index (κ3) is 2.15. The minimum Gasteiger partial charge on any atom is -0.465 e. The van der Waals surface area contributed by atoms with Crippen molar-refractivity contribution in [2.75, 3.05) is 7.11 Å². The van der Waals surface area contributed by atoms with Gasteiger partial charge in [0, 0.05) is 0 Å². The van der Waals surface area contributed by atoms with E-state index in [0.29, 0.717) is 0 Å². The first-order valence-electron chi connectivity index (χ1n) is 3.55. The lowest BCUT2D eigenvalue weighted by Gasteiger charge is -2.01. The molecule has 0 saturated heterocycles. The molecule has 0 saturated carbocycles. The van der Waals surface area contributed by atoms with Gasteiger partial charge in [0.15, 0.2) is 11.1 Å². The topological polar surface area (TPSA) is 63.6 Å². The summed E-state index contributed by atoms with van der Waals surface area (Å²) < 4.78 is 36.5. The Labute approximate surface area is 82.0 Å². The quantitative estimate of drug-likeness (QED) is 0.598. The van der Waals surface area contributed by atoms with E-state index in [9.17, 15) is 13.4 Å². The molecule has 0 aromatic heterocycles. The summed E-state index contributed by atoms with van der Waals surface area (Å²) in [6.45, 7) is 0. The summed E-state index contributed by atoms with van der Waals surface area (Å²) in [5, 5.41) is 0. The molecule has 1 unspecified atom stereocenters. The number of rotatable bonds is 2. The van der Waals surface area contributed by atoms with E-state index in [4.69, 9.17) is 4.55 Å². The van der Waals surface area contributed by atoms with Crippen LogP contribution in [0.15, 0.2) is 23.1 Å². The van der Waals surface area contributed by atoms with Gasteiger partial charge in [0.1, 0.15) is 10.7 Å². The molecule has 1 aromatic rings. The van der Waals surface area contributed by atoms with Crippen molar-refractivity contribution in [1.29, 1.82) is 0 Å². The number of hydrogen-bond acceptors (Lipinski definition) is 3. The van der Waals surface area contributed by atoms with Gasteiger partial charge in [-0.3, -0.25) is 0 Å². The molecule has 0 spiro atoms. The van der Waals surface area contributed by atoms with Crippen molar-refractivity contribution in [1.82, 2.24) is 0 Å². The van der Waals surface area contributed by atoms with Gasteiger partial charge in [-0.1, -0.05) is 0 Å². The van der Waals surface area contributed by atoms with Crippen LogP contribution in [0, 0.1) is 5.82 Å². The molecule has 1 N–H and O–H groups in total. The van der Waals surface area contributed by atoms with Crippen LogP contribution in [-0.4, -0.2) is 21.8 Å². The fraction of sp³-hybridized carbons (Fsp3) is 0.125. The Morgan fingerprint density at radius 3 is 2.64 bits per heavy atom. The van der Waals surface area contributed by atoms with Gasteiger partial charge in [-0.05, 0) is 18.2 Å². The van der Waals surface area contributed by atoms with Crippen LogP contribution in [0.5, 0.6) is 0 Å². The van der Waals surface area contributed by atoms with Crippen molar-refractivity contribution in [3.8, 4) is 0 Å². The average Bonchev–Trinajstić information content (AvgIpc) is 2.15. The summed E-state index contributed by atoms with van der Waals surface area (Å²) in [7, 11) is 1.17. The molecular weight excluding hydrogens is 211 g/mol. The second kappa shape index (κ2) is 4.30. The zero-order chi connectivity index (χ0) is 10.7. The van der Waals surface area contributed by atoms with Crippen LogP contribution in [0.2, 0.25) is 0 Å². The van der Waals surface area contributed by atoms with Gasteiger partial charge in [0.05, 0.1) is 12.7 Å². The van der Waals surface area contributed by atoms with Gasteiger partial charge in [-0.15, -0.1) is 0 Å². The average molecular weight is 218 g/mol. The molecule has 0 aliphatic heterocycles. The van der Waals surface area contributed by atoms with E-state index in [1.54, 1.807) is 0 Å². The summed E-state index contributed by atoms with van der Waals surface area (Å²) in [5.74, 6) is -1.60. The third-order valence-electron chi connectivity index (χ3n) is 1.54. The van der Waals surface area contributed by atoms with Crippen LogP contribution in [0.4, 0.5) is 4.39 Å². The van der Waals surface area contributed by atoms with Gasteiger partial charge < -0.3 is 9.29 Å². The molecule has 4 nitrogen and oxygen atoms in total. The van der Waals surface area contributed by atoms with E-state index in [1.807, 2.05) is 0 Å². The van der Waals surface area contributed by atoms with Crippen molar-refractivity contribution in [3.05, 3.63) is 29.6 Å². The maximum Gasteiger partial charge on any atom is 0.337 e. The molecule has 0 aliphatic rings. The lowest BCUT2D eigenvalue weighted by atomic mass is 10.2. The second-order valence-electron chi connectivity index (χ2n) is 2.39. The summed E-state index contributed by atoms with van der Waals surface area (Å²) in [6.07, 6.45) is 0. The molecule has 0 amide bonds. The second-order valence-corrected chi connectivity index (χ2v) is 3.32. The SMILES string of the molecule is COC(=O)c1ccc(S(=O)O)c(F)c1. The fourth-order valence-corrected chi connectivity index (χ4v) is 1.30. The molecule has 1 atom stereocenters. The number of ether oxygens (including phenoxy) is 1. The number of carbonyl (C=O) groups excluding carboxylic acids is 1. The Bertz CT molecular complexity index is 391. The van der Waals surface area contributed by atoms with Gasteiger partial charge in [-0.25, -0.2) is 13.4 Å². The standard InChI is InChI=1S/C8H7FO4S/c1-13-8(10)5-2-3-7(14(11)12)6(9)4-5/h2-4H,1H3,(H,11,12). The Morgan fingerprint density at radius 1 is 1.57 bits per heavy atom. The number of esters is 1. The molecule has 0 radical (unpaired) electrons. The van der Waals surface area contributed by atoms with Crippen LogP contribution in [0.25, 0.3) is 0 Å². The molecule has 1 rings (SSSR count). The normalized spacial score (nSPS) is 12.2. The van der Waals surface area contributed by atoms with E-state index < -0.39 is 22.9 Å². The molecular formula is C8H7FO4S. The number of hydrogen-bond donors (Lipinski definition) is 1. The Kier molecular flexibility index (Phi) is 3.32. The molecule has 0 bridgehead atoms. The Hall–Kier alpha value is -1.27. The number of methoxy groups -OCH3 is 1. The first-order valence-corrected chi connectivity index (χ1v) is 4.65. The monoisotopic (exact) mass is 218 g/mol. The maximum absolute atomic E-state index is 13.0. The smallest absolute Gasteiger partial charge is 0.337 e. The van der Waals surface area contributed by atoms with Crippen molar-refractivity contribution >= 4 is 17.0 Å². The van der Waals surface area contributed by atoms with E-state index in [0.717, 1.165) is 12.1 Å². The van der Waals surface area contributed by atoms with Gasteiger partial charge in [0.25, 0.3) is 0 Å².